The van der Waals surface area contributed by atoms with Crippen molar-refractivity contribution in [3.63, 3.8) is 0 Å². The van der Waals surface area contributed by atoms with Crippen molar-refractivity contribution in [1.82, 2.24) is 0 Å². The SMILES string of the molecule is CC1(C)OB([C@@H](N)c2ccc3c(c2)Cc2ccccc2-3)OC1(C)C. The molecule has 2 aliphatic rings. The van der Waals surface area contributed by atoms with Crippen molar-refractivity contribution < 1.29 is 9.31 Å². The Morgan fingerprint density at radius 3 is 2.25 bits per heavy atom. The summed E-state index contributed by atoms with van der Waals surface area (Å²) in [5, 5.41) is 0. The van der Waals surface area contributed by atoms with Crippen molar-refractivity contribution in [2.75, 3.05) is 0 Å². The molecule has 0 aromatic heterocycles. The molecule has 1 aliphatic carbocycles. The van der Waals surface area contributed by atoms with Crippen LogP contribution in [-0.2, 0) is 15.7 Å². The molecule has 2 aromatic carbocycles. The van der Waals surface area contributed by atoms with Crippen LogP contribution in [-0.4, -0.2) is 18.3 Å². The highest BCUT2D eigenvalue weighted by Crippen LogP contribution is 2.41. The molecule has 1 fully saturated rings. The topological polar surface area (TPSA) is 44.5 Å². The van der Waals surface area contributed by atoms with Gasteiger partial charge in [-0.3, -0.25) is 0 Å². The molecule has 1 saturated heterocycles. The van der Waals surface area contributed by atoms with E-state index in [1.165, 1.54) is 22.3 Å². The van der Waals surface area contributed by atoms with E-state index < -0.39 is 7.12 Å². The quantitative estimate of drug-likeness (QED) is 0.728. The summed E-state index contributed by atoms with van der Waals surface area (Å²) < 4.78 is 12.2. The minimum Gasteiger partial charge on any atom is -0.402 e. The molecule has 0 amide bonds. The summed E-state index contributed by atoms with van der Waals surface area (Å²) in [6.07, 6.45) is 0.968. The predicted molar refractivity (Wildman–Crippen MR) is 97.7 cm³/mol. The van der Waals surface area contributed by atoms with Crippen LogP contribution in [0.4, 0.5) is 0 Å². The normalized spacial score (nSPS) is 21.5. The number of benzene rings is 2. The van der Waals surface area contributed by atoms with E-state index in [0.29, 0.717) is 0 Å². The minimum absolute atomic E-state index is 0.292. The van der Waals surface area contributed by atoms with Gasteiger partial charge >= 0.3 is 7.12 Å². The third kappa shape index (κ3) is 2.33. The Bertz CT molecular complexity index is 784. The second-order valence-electron chi connectivity index (χ2n) is 7.90. The zero-order valence-corrected chi connectivity index (χ0v) is 14.8. The first-order valence-corrected chi connectivity index (χ1v) is 8.61. The fourth-order valence-corrected chi connectivity index (χ4v) is 3.56. The van der Waals surface area contributed by atoms with E-state index in [1.807, 2.05) is 0 Å². The van der Waals surface area contributed by atoms with Gasteiger partial charge in [-0.2, -0.15) is 0 Å². The fourth-order valence-electron chi connectivity index (χ4n) is 3.56. The molecule has 24 heavy (non-hydrogen) atoms. The zero-order valence-electron chi connectivity index (χ0n) is 14.8. The number of hydrogen-bond acceptors (Lipinski definition) is 3. The highest BCUT2D eigenvalue weighted by molar-refractivity contribution is 6.47. The fraction of sp³-hybridized carbons (Fsp3) is 0.400. The van der Waals surface area contributed by atoms with Crippen LogP contribution in [0, 0.1) is 0 Å². The van der Waals surface area contributed by atoms with Crippen LogP contribution in [0.25, 0.3) is 11.1 Å². The maximum atomic E-state index is 6.49. The standard InChI is InChI=1S/C20H24BNO2/c1-19(2)20(3,4)24-21(23-19)18(22)14-9-10-17-15(12-14)11-13-7-5-6-8-16(13)17/h5-10,12,18H,11,22H2,1-4H3/t18-/m0/s1. The molecule has 0 bridgehead atoms. The van der Waals surface area contributed by atoms with E-state index in [0.717, 1.165) is 12.0 Å². The van der Waals surface area contributed by atoms with Gasteiger partial charge in [-0.1, -0.05) is 42.5 Å². The van der Waals surface area contributed by atoms with Gasteiger partial charge in [-0.25, -0.2) is 0 Å². The first-order valence-electron chi connectivity index (χ1n) is 8.61. The Balaban J connectivity index is 1.62. The molecular weight excluding hydrogens is 297 g/mol. The molecule has 0 saturated carbocycles. The summed E-state index contributed by atoms with van der Waals surface area (Å²) in [6.45, 7) is 8.22. The number of fused-ring (bicyclic) bond motifs is 3. The summed E-state index contributed by atoms with van der Waals surface area (Å²) in [5.74, 6) is -0.292. The lowest BCUT2D eigenvalue weighted by Gasteiger charge is -2.32. The molecule has 1 aliphatic heterocycles. The Morgan fingerprint density at radius 2 is 1.54 bits per heavy atom. The van der Waals surface area contributed by atoms with Crippen molar-refractivity contribution in [2.45, 2.75) is 51.3 Å². The first-order chi connectivity index (χ1) is 11.3. The lowest BCUT2D eigenvalue weighted by Crippen LogP contribution is -2.41. The van der Waals surface area contributed by atoms with Gasteiger partial charge in [0, 0.05) is 0 Å². The molecule has 2 N–H and O–H groups in total. The highest BCUT2D eigenvalue weighted by atomic mass is 16.7. The van der Waals surface area contributed by atoms with Gasteiger partial charge in [0.2, 0.25) is 0 Å². The summed E-state index contributed by atoms with van der Waals surface area (Å²) in [4.78, 5) is 0. The molecule has 4 heteroatoms. The van der Waals surface area contributed by atoms with Crippen LogP contribution in [0.5, 0.6) is 0 Å². The van der Waals surface area contributed by atoms with Gasteiger partial charge in [0.05, 0.1) is 17.1 Å². The summed E-state index contributed by atoms with van der Waals surface area (Å²) in [6, 6.07) is 15.1. The third-order valence-corrected chi connectivity index (χ3v) is 5.77. The van der Waals surface area contributed by atoms with Crippen molar-refractivity contribution >= 4 is 7.12 Å². The van der Waals surface area contributed by atoms with Gasteiger partial charge in [-0.15, -0.1) is 0 Å². The van der Waals surface area contributed by atoms with Crippen LogP contribution in [0.15, 0.2) is 42.5 Å². The summed E-state index contributed by atoms with van der Waals surface area (Å²) in [5.41, 5.74) is 12.2. The summed E-state index contributed by atoms with van der Waals surface area (Å²) in [7, 11) is -0.420. The van der Waals surface area contributed by atoms with E-state index >= 15 is 0 Å². The monoisotopic (exact) mass is 321 g/mol. The average Bonchev–Trinajstić information content (AvgIpc) is 3.00. The van der Waals surface area contributed by atoms with E-state index in [-0.39, 0.29) is 17.1 Å². The molecule has 1 heterocycles. The van der Waals surface area contributed by atoms with Crippen molar-refractivity contribution in [3.8, 4) is 11.1 Å². The van der Waals surface area contributed by atoms with E-state index in [4.69, 9.17) is 15.0 Å². The van der Waals surface area contributed by atoms with Crippen molar-refractivity contribution in [3.05, 3.63) is 59.2 Å². The lowest BCUT2D eigenvalue weighted by molar-refractivity contribution is 0.00578. The minimum atomic E-state index is -0.420. The van der Waals surface area contributed by atoms with Gasteiger partial charge in [0.15, 0.2) is 0 Å². The second-order valence-corrected chi connectivity index (χ2v) is 7.90. The van der Waals surface area contributed by atoms with Crippen molar-refractivity contribution in [2.24, 2.45) is 5.73 Å². The van der Waals surface area contributed by atoms with Crippen LogP contribution < -0.4 is 5.73 Å². The van der Waals surface area contributed by atoms with Crippen LogP contribution >= 0.6 is 0 Å². The van der Waals surface area contributed by atoms with E-state index in [9.17, 15) is 0 Å². The van der Waals surface area contributed by atoms with Gasteiger partial charge < -0.3 is 15.0 Å². The number of rotatable bonds is 2. The Labute approximate surface area is 144 Å². The zero-order chi connectivity index (χ0) is 17.1. The second kappa shape index (κ2) is 5.19. The van der Waals surface area contributed by atoms with Gasteiger partial charge in [0.1, 0.15) is 0 Å². The molecule has 0 spiro atoms. The van der Waals surface area contributed by atoms with Crippen LogP contribution in [0.3, 0.4) is 0 Å². The molecule has 0 unspecified atom stereocenters. The largest absolute Gasteiger partial charge is 0.480 e. The molecule has 2 aromatic rings. The lowest BCUT2D eigenvalue weighted by atomic mass is 9.74. The Morgan fingerprint density at radius 1 is 0.917 bits per heavy atom. The number of nitrogens with two attached hydrogens (primary N) is 1. The molecule has 1 atom stereocenters. The molecular formula is C20H24BNO2. The van der Waals surface area contributed by atoms with E-state index in [1.54, 1.807) is 0 Å². The van der Waals surface area contributed by atoms with E-state index in [2.05, 4.69) is 70.2 Å². The predicted octanol–water partition coefficient (Wildman–Crippen LogP) is 3.89. The van der Waals surface area contributed by atoms with Gasteiger partial charge in [-0.05, 0) is 61.9 Å². The number of hydrogen-bond donors (Lipinski definition) is 1. The maximum Gasteiger partial charge on any atom is 0.480 e. The third-order valence-electron chi connectivity index (χ3n) is 5.77. The summed E-state index contributed by atoms with van der Waals surface area (Å²) >= 11 is 0. The Hall–Kier alpha value is -1.62. The first kappa shape index (κ1) is 15.9. The molecule has 3 nitrogen and oxygen atoms in total. The van der Waals surface area contributed by atoms with Gasteiger partial charge in [0.25, 0.3) is 0 Å². The average molecular weight is 321 g/mol. The molecule has 0 radical (unpaired) electrons. The van der Waals surface area contributed by atoms with Crippen LogP contribution in [0.2, 0.25) is 0 Å². The molecule has 4 rings (SSSR count). The van der Waals surface area contributed by atoms with Crippen LogP contribution in [0.1, 0.15) is 50.3 Å². The highest BCUT2D eigenvalue weighted by Gasteiger charge is 2.53. The smallest absolute Gasteiger partial charge is 0.402 e. The Kier molecular flexibility index (Phi) is 3.43. The van der Waals surface area contributed by atoms with Crippen molar-refractivity contribution in [1.29, 1.82) is 0 Å². The maximum absolute atomic E-state index is 6.49. The molecule has 124 valence electrons.